The number of hydrogen-bond acceptors (Lipinski definition) is 6. The van der Waals surface area contributed by atoms with Crippen molar-refractivity contribution in [3.05, 3.63) is 59.4 Å². The van der Waals surface area contributed by atoms with Crippen LogP contribution in [0.3, 0.4) is 0 Å². The number of rotatable bonds is 6. The fraction of sp³-hybridized carbons (Fsp3) is 0.150. The van der Waals surface area contributed by atoms with Crippen LogP contribution in [-0.4, -0.2) is 40.0 Å². The van der Waals surface area contributed by atoms with Crippen molar-refractivity contribution in [3.63, 3.8) is 0 Å². The van der Waals surface area contributed by atoms with Gasteiger partial charge in [0.15, 0.2) is 5.65 Å². The van der Waals surface area contributed by atoms with Gasteiger partial charge >= 0.3 is 0 Å². The first kappa shape index (κ1) is 19.1. The molecular weight excluding hydrogens is 395 g/mol. The first-order chi connectivity index (χ1) is 14.1. The number of halogens is 2. The van der Waals surface area contributed by atoms with Crippen molar-refractivity contribution in [1.29, 1.82) is 0 Å². The highest BCUT2D eigenvalue weighted by molar-refractivity contribution is 6.30. The molecule has 0 spiro atoms. The second kappa shape index (κ2) is 8.02. The van der Waals surface area contributed by atoms with Crippen LogP contribution < -0.4 is 11.1 Å². The monoisotopic (exact) mass is 412 g/mol. The summed E-state index contributed by atoms with van der Waals surface area (Å²) in [6.07, 6.45) is 0. The van der Waals surface area contributed by atoms with E-state index in [9.17, 15) is 4.39 Å². The average molecular weight is 413 g/mol. The molecule has 29 heavy (non-hydrogen) atoms. The van der Waals surface area contributed by atoms with E-state index in [2.05, 4.69) is 20.4 Å². The minimum absolute atomic E-state index is 0.319. The van der Waals surface area contributed by atoms with E-state index >= 15 is 0 Å². The van der Waals surface area contributed by atoms with Crippen molar-refractivity contribution >= 4 is 34.4 Å². The molecule has 0 aliphatic heterocycles. The molecule has 0 fully saturated rings. The SMILES string of the molecule is COCCNc1nc(-c2ccc(Cl)cc2)c2c(N)n(-c3cccc(F)c3)nc2n1. The van der Waals surface area contributed by atoms with E-state index in [0.29, 0.717) is 52.4 Å². The van der Waals surface area contributed by atoms with Gasteiger partial charge < -0.3 is 15.8 Å². The number of fused-ring (bicyclic) bond motifs is 1. The van der Waals surface area contributed by atoms with Gasteiger partial charge in [0.2, 0.25) is 5.95 Å². The molecule has 148 valence electrons. The maximum Gasteiger partial charge on any atom is 0.225 e. The number of hydrogen-bond donors (Lipinski definition) is 2. The molecule has 0 unspecified atom stereocenters. The average Bonchev–Trinajstić information content (AvgIpc) is 3.05. The summed E-state index contributed by atoms with van der Waals surface area (Å²) >= 11 is 6.03. The Kier molecular flexibility index (Phi) is 5.28. The maximum atomic E-state index is 13.7. The number of benzene rings is 2. The Balaban J connectivity index is 1.91. The standard InChI is InChI=1S/C20H18ClFN6O/c1-29-10-9-24-20-25-17(12-5-7-13(21)8-6-12)16-18(23)28(27-19(16)26-20)15-4-2-3-14(22)11-15/h2-8,11H,9-10,23H2,1H3,(H,24,26,27). The summed E-state index contributed by atoms with van der Waals surface area (Å²) in [6, 6.07) is 13.3. The van der Waals surface area contributed by atoms with Gasteiger partial charge in [0.05, 0.1) is 23.4 Å². The first-order valence-corrected chi connectivity index (χ1v) is 9.25. The molecule has 7 nitrogen and oxygen atoms in total. The molecule has 4 aromatic rings. The Morgan fingerprint density at radius 2 is 1.97 bits per heavy atom. The van der Waals surface area contributed by atoms with Crippen LogP contribution in [0.15, 0.2) is 48.5 Å². The smallest absolute Gasteiger partial charge is 0.225 e. The van der Waals surface area contributed by atoms with Gasteiger partial charge in [-0.15, -0.1) is 5.10 Å². The Bertz CT molecular complexity index is 1160. The Labute approximate surface area is 171 Å². The van der Waals surface area contributed by atoms with E-state index in [1.165, 1.54) is 16.8 Å². The van der Waals surface area contributed by atoms with E-state index in [4.69, 9.17) is 22.1 Å². The van der Waals surface area contributed by atoms with Gasteiger partial charge in [0, 0.05) is 24.2 Å². The zero-order chi connectivity index (χ0) is 20.4. The van der Waals surface area contributed by atoms with Crippen LogP contribution in [-0.2, 0) is 4.74 Å². The van der Waals surface area contributed by atoms with E-state index < -0.39 is 0 Å². The van der Waals surface area contributed by atoms with Crippen LogP contribution >= 0.6 is 11.6 Å². The van der Waals surface area contributed by atoms with Gasteiger partial charge in [0.1, 0.15) is 11.6 Å². The molecule has 0 atom stereocenters. The largest absolute Gasteiger partial charge is 0.383 e. The van der Waals surface area contributed by atoms with Gasteiger partial charge in [-0.2, -0.15) is 4.98 Å². The summed E-state index contributed by atoms with van der Waals surface area (Å²) < 4.78 is 20.2. The van der Waals surface area contributed by atoms with Crippen molar-refractivity contribution in [2.45, 2.75) is 0 Å². The lowest BCUT2D eigenvalue weighted by Gasteiger charge is -2.08. The number of anilines is 2. The molecule has 0 aliphatic carbocycles. The first-order valence-electron chi connectivity index (χ1n) is 8.88. The summed E-state index contributed by atoms with van der Waals surface area (Å²) in [7, 11) is 1.62. The lowest BCUT2D eigenvalue weighted by molar-refractivity contribution is 0.210. The molecular formula is C20H18ClFN6O. The van der Waals surface area contributed by atoms with Gasteiger partial charge in [-0.05, 0) is 30.3 Å². The Hall–Kier alpha value is -3.23. The number of ether oxygens (including phenoxy) is 1. The predicted molar refractivity (Wildman–Crippen MR) is 112 cm³/mol. The predicted octanol–water partition coefficient (Wildman–Crippen LogP) is 3.92. The third-order valence-corrected chi connectivity index (χ3v) is 4.58. The second-order valence-corrected chi connectivity index (χ2v) is 6.73. The van der Waals surface area contributed by atoms with Gasteiger partial charge in [-0.1, -0.05) is 29.8 Å². The van der Waals surface area contributed by atoms with Crippen molar-refractivity contribution in [2.75, 3.05) is 31.3 Å². The third kappa shape index (κ3) is 3.85. The molecule has 4 rings (SSSR count). The lowest BCUT2D eigenvalue weighted by atomic mass is 10.1. The van der Waals surface area contributed by atoms with Crippen molar-refractivity contribution in [2.24, 2.45) is 0 Å². The normalized spacial score (nSPS) is 11.1. The summed E-state index contributed by atoms with van der Waals surface area (Å²) in [5.74, 6) is 0.328. The van der Waals surface area contributed by atoms with Crippen molar-refractivity contribution < 1.29 is 9.13 Å². The number of nitrogens with two attached hydrogens (primary N) is 1. The van der Waals surface area contributed by atoms with Gasteiger partial charge in [0.25, 0.3) is 0 Å². The molecule has 0 bridgehead atoms. The highest BCUT2D eigenvalue weighted by Crippen LogP contribution is 2.33. The van der Waals surface area contributed by atoms with Gasteiger partial charge in [-0.3, -0.25) is 0 Å². The van der Waals surface area contributed by atoms with Crippen LogP contribution in [0, 0.1) is 5.82 Å². The van der Waals surface area contributed by atoms with E-state index in [-0.39, 0.29) is 5.82 Å². The Morgan fingerprint density at radius 3 is 2.69 bits per heavy atom. The van der Waals surface area contributed by atoms with Crippen LogP contribution in [0.2, 0.25) is 5.02 Å². The molecule has 2 aromatic carbocycles. The van der Waals surface area contributed by atoms with E-state index in [1.54, 1.807) is 31.4 Å². The second-order valence-electron chi connectivity index (χ2n) is 6.30. The minimum Gasteiger partial charge on any atom is -0.383 e. The summed E-state index contributed by atoms with van der Waals surface area (Å²) in [5, 5.41) is 8.80. The summed E-state index contributed by atoms with van der Waals surface area (Å²) in [6.45, 7) is 1.03. The highest BCUT2D eigenvalue weighted by atomic mass is 35.5. The van der Waals surface area contributed by atoms with Crippen LogP contribution in [0.25, 0.3) is 28.0 Å². The van der Waals surface area contributed by atoms with Crippen LogP contribution in [0.1, 0.15) is 0 Å². The third-order valence-electron chi connectivity index (χ3n) is 4.33. The van der Waals surface area contributed by atoms with Crippen molar-refractivity contribution in [1.82, 2.24) is 19.7 Å². The zero-order valence-corrected chi connectivity index (χ0v) is 16.3. The zero-order valence-electron chi connectivity index (χ0n) is 15.6. The molecule has 0 radical (unpaired) electrons. The number of nitrogens with zero attached hydrogens (tertiary/aromatic N) is 4. The lowest BCUT2D eigenvalue weighted by Crippen LogP contribution is -2.10. The van der Waals surface area contributed by atoms with Crippen molar-refractivity contribution in [3.8, 4) is 16.9 Å². The fourth-order valence-electron chi connectivity index (χ4n) is 2.98. The fourth-order valence-corrected chi connectivity index (χ4v) is 3.10. The minimum atomic E-state index is -0.382. The molecule has 0 saturated heterocycles. The quantitative estimate of drug-likeness (QED) is 0.466. The summed E-state index contributed by atoms with van der Waals surface area (Å²) in [4.78, 5) is 9.10. The number of aromatic nitrogens is 4. The number of nitrogens with one attached hydrogen (secondary N) is 1. The Morgan fingerprint density at radius 1 is 1.17 bits per heavy atom. The van der Waals surface area contributed by atoms with Crippen LogP contribution in [0.5, 0.6) is 0 Å². The van der Waals surface area contributed by atoms with Gasteiger partial charge in [-0.25, -0.2) is 14.1 Å². The molecule has 9 heteroatoms. The molecule has 2 heterocycles. The molecule has 0 amide bonds. The molecule has 2 aromatic heterocycles. The molecule has 0 saturated carbocycles. The summed E-state index contributed by atoms with van der Waals surface area (Å²) in [5.41, 5.74) is 8.70. The topological polar surface area (TPSA) is 90.9 Å². The van der Waals surface area contributed by atoms with Crippen LogP contribution in [0.4, 0.5) is 16.2 Å². The number of nitrogen functional groups attached to an aromatic ring is 1. The maximum absolute atomic E-state index is 13.7. The number of methoxy groups -OCH3 is 1. The van der Waals surface area contributed by atoms with E-state index in [0.717, 1.165) is 5.56 Å². The van der Waals surface area contributed by atoms with E-state index in [1.807, 2.05) is 12.1 Å². The molecule has 3 N–H and O–H groups in total. The molecule has 0 aliphatic rings. The highest BCUT2D eigenvalue weighted by Gasteiger charge is 2.19.